The van der Waals surface area contributed by atoms with Gasteiger partial charge in [-0.2, -0.15) is 4.39 Å². The normalized spacial score (nSPS) is 16.6. The fourth-order valence-electron chi connectivity index (χ4n) is 2.73. The number of halogens is 2. The van der Waals surface area contributed by atoms with Crippen LogP contribution in [-0.4, -0.2) is 23.3 Å². The quantitative estimate of drug-likeness (QED) is 0.653. The number of benzene rings is 2. The molecule has 0 aromatic heterocycles. The first-order valence-corrected chi connectivity index (χ1v) is 8.03. The van der Waals surface area contributed by atoms with Gasteiger partial charge in [-0.3, -0.25) is 19.7 Å². The zero-order valence-electron chi connectivity index (χ0n) is 13.3. The second kappa shape index (κ2) is 7.09. The first kappa shape index (κ1) is 17.8. The summed E-state index contributed by atoms with van der Waals surface area (Å²) in [7, 11) is 0. The number of carbonyl (C=O) groups is 2. The number of nitrogens with one attached hydrogen (secondary N) is 1. The zero-order valence-corrected chi connectivity index (χ0v) is 14.1. The van der Waals surface area contributed by atoms with Crippen LogP contribution in [0.3, 0.4) is 0 Å². The van der Waals surface area contributed by atoms with Crippen LogP contribution in [0.2, 0.25) is 5.02 Å². The highest BCUT2D eigenvalue weighted by molar-refractivity contribution is 6.30. The van der Waals surface area contributed by atoms with Gasteiger partial charge in [-0.15, -0.1) is 0 Å². The Morgan fingerprint density at radius 2 is 1.96 bits per heavy atom. The lowest BCUT2D eigenvalue weighted by Gasteiger charge is -2.16. The fourth-order valence-corrected chi connectivity index (χ4v) is 2.85. The molecule has 2 amide bonds. The maximum atomic E-state index is 13.4. The van der Waals surface area contributed by atoms with Gasteiger partial charge < -0.3 is 10.2 Å². The van der Waals surface area contributed by atoms with Crippen molar-refractivity contribution in [1.82, 2.24) is 0 Å². The molecule has 0 spiro atoms. The molecule has 7 nitrogen and oxygen atoms in total. The summed E-state index contributed by atoms with van der Waals surface area (Å²) in [4.78, 5) is 36.0. The topological polar surface area (TPSA) is 92.5 Å². The van der Waals surface area contributed by atoms with Gasteiger partial charge in [-0.05, 0) is 36.4 Å². The molecule has 0 aliphatic carbocycles. The molecule has 1 aliphatic heterocycles. The number of hydrogen-bond acceptors (Lipinski definition) is 4. The minimum absolute atomic E-state index is 0.0117. The molecule has 0 saturated carbocycles. The summed E-state index contributed by atoms with van der Waals surface area (Å²) in [6.45, 7) is 0.176. The highest BCUT2D eigenvalue weighted by Gasteiger charge is 2.35. The molecular weight excluding hydrogens is 365 g/mol. The molecule has 0 unspecified atom stereocenters. The van der Waals surface area contributed by atoms with Crippen molar-refractivity contribution < 1.29 is 18.9 Å². The minimum atomic E-state index is -0.988. The Hall–Kier alpha value is -3.00. The number of nitro groups is 1. The van der Waals surface area contributed by atoms with Crippen LogP contribution >= 0.6 is 11.6 Å². The molecule has 1 atom stereocenters. The number of amides is 2. The summed E-state index contributed by atoms with van der Waals surface area (Å²) in [5.41, 5.74) is 0.000649. The molecule has 2 aromatic rings. The standard InChI is InChI=1S/C17H13ClFN3O4/c18-11-1-4-13(5-2-11)21-9-10(7-16(21)23)17(24)20-12-3-6-14(19)15(8-12)22(25)26/h1-6,8,10H,7,9H2,(H,20,24)/t10-/m0/s1. The predicted molar refractivity (Wildman–Crippen MR) is 93.6 cm³/mol. The van der Waals surface area contributed by atoms with E-state index in [0.29, 0.717) is 10.7 Å². The largest absolute Gasteiger partial charge is 0.326 e. The Kier molecular flexibility index (Phi) is 4.85. The summed E-state index contributed by atoms with van der Waals surface area (Å²) in [6, 6.07) is 9.75. The van der Waals surface area contributed by atoms with Crippen molar-refractivity contribution in [2.24, 2.45) is 5.92 Å². The van der Waals surface area contributed by atoms with Gasteiger partial charge in [0, 0.05) is 35.4 Å². The Labute approximate surface area is 152 Å². The Balaban J connectivity index is 1.71. The SMILES string of the molecule is O=C(Nc1ccc(F)c([N+](=O)[O-])c1)[C@H]1CC(=O)N(c2ccc(Cl)cc2)C1. The number of rotatable bonds is 4. The highest BCUT2D eigenvalue weighted by Crippen LogP contribution is 2.28. The van der Waals surface area contributed by atoms with E-state index in [1.165, 1.54) is 11.0 Å². The monoisotopic (exact) mass is 377 g/mol. The van der Waals surface area contributed by atoms with E-state index >= 15 is 0 Å². The van der Waals surface area contributed by atoms with E-state index in [1.54, 1.807) is 24.3 Å². The number of hydrogen-bond donors (Lipinski definition) is 1. The van der Waals surface area contributed by atoms with Gasteiger partial charge in [0.15, 0.2) is 0 Å². The summed E-state index contributed by atoms with van der Waals surface area (Å²) < 4.78 is 13.4. The third-order valence-electron chi connectivity index (χ3n) is 4.04. The van der Waals surface area contributed by atoms with Crippen molar-refractivity contribution >= 4 is 40.5 Å². The third kappa shape index (κ3) is 3.65. The Morgan fingerprint density at radius 1 is 1.27 bits per heavy atom. The van der Waals surface area contributed by atoms with Crippen molar-refractivity contribution in [3.05, 3.63) is 63.4 Å². The molecule has 0 radical (unpaired) electrons. The van der Waals surface area contributed by atoms with Gasteiger partial charge in [0.2, 0.25) is 17.6 Å². The molecule has 9 heteroatoms. The molecule has 1 fully saturated rings. The minimum Gasteiger partial charge on any atom is -0.326 e. The second-order valence-electron chi connectivity index (χ2n) is 5.79. The van der Waals surface area contributed by atoms with Crippen molar-refractivity contribution in [2.75, 3.05) is 16.8 Å². The van der Waals surface area contributed by atoms with Crippen molar-refractivity contribution in [2.45, 2.75) is 6.42 Å². The third-order valence-corrected chi connectivity index (χ3v) is 4.30. The summed E-state index contributed by atoms with van der Waals surface area (Å²) >= 11 is 5.83. The van der Waals surface area contributed by atoms with Crippen LogP contribution in [-0.2, 0) is 9.59 Å². The van der Waals surface area contributed by atoms with Crippen molar-refractivity contribution in [3.63, 3.8) is 0 Å². The number of anilines is 2. The van der Waals surface area contributed by atoms with Gasteiger partial charge in [-0.25, -0.2) is 0 Å². The molecule has 1 saturated heterocycles. The van der Waals surface area contributed by atoms with E-state index in [4.69, 9.17) is 11.6 Å². The molecule has 2 aromatic carbocycles. The van der Waals surface area contributed by atoms with Crippen LogP contribution in [0.1, 0.15) is 6.42 Å². The molecular formula is C17H13ClFN3O4. The fraction of sp³-hybridized carbons (Fsp3) is 0.176. The Bertz CT molecular complexity index is 888. The van der Waals surface area contributed by atoms with Gasteiger partial charge in [0.25, 0.3) is 0 Å². The van der Waals surface area contributed by atoms with E-state index in [1.807, 2.05) is 0 Å². The van der Waals surface area contributed by atoms with E-state index in [0.717, 1.165) is 12.1 Å². The van der Waals surface area contributed by atoms with Gasteiger partial charge >= 0.3 is 5.69 Å². The molecule has 1 heterocycles. The second-order valence-corrected chi connectivity index (χ2v) is 6.23. The molecule has 3 rings (SSSR count). The highest BCUT2D eigenvalue weighted by atomic mass is 35.5. The van der Waals surface area contributed by atoms with Crippen molar-refractivity contribution in [3.8, 4) is 0 Å². The lowest BCUT2D eigenvalue weighted by molar-refractivity contribution is -0.387. The maximum absolute atomic E-state index is 13.4. The number of nitrogens with zero attached hydrogens (tertiary/aromatic N) is 2. The van der Waals surface area contributed by atoms with Gasteiger partial charge in [0.1, 0.15) is 0 Å². The van der Waals surface area contributed by atoms with Crippen LogP contribution in [0.25, 0.3) is 0 Å². The molecule has 134 valence electrons. The van der Waals surface area contributed by atoms with Crippen LogP contribution < -0.4 is 10.2 Å². The van der Waals surface area contributed by atoms with Gasteiger partial charge in [-0.1, -0.05) is 11.6 Å². The first-order chi connectivity index (χ1) is 12.3. The number of nitro benzene ring substituents is 1. The predicted octanol–water partition coefficient (Wildman–Crippen LogP) is 3.38. The van der Waals surface area contributed by atoms with Gasteiger partial charge in [0.05, 0.1) is 10.8 Å². The van der Waals surface area contributed by atoms with Crippen LogP contribution in [0.15, 0.2) is 42.5 Å². The lowest BCUT2D eigenvalue weighted by Crippen LogP contribution is -2.28. The average molecular weight is 378 g/mol. The maximum Gasteiger partial charge on any atom is 0.306 e. The average Bonchev–Trinajstić information content (AvgIpc) is 2.99. The van der Waals surface area contributed by atoms with E-state index < -0.39 is 28.3 Å². The number of carbonyl (C=O) groups excluding carboxylic acids is 2. The first-order valence-electron chi connectivity index (χ1n) is 7.66. The summed E-state index contributed by atoms with van der Waals surface area (Å²) in [6.07, 6.45) is 0.0117. The molecule has 1 N–H and O–H groups in total. The van der Waals surface area contributed by atoms with E-state index in [9.17, 15) is 24.1 Å². The Morgan fingerprint density at radius 3 is 2.62 bits per heavy atom. The van der Waals surface area contributed by atoms with E-state index in [-0.39, 0.29) is 24.6 Å². The van der Waals surface area contributed by atoms with E-state index in [2.05, 4.69) is 5.32 Å². The molecule has 1 aliphatic rings. The van der Waals surface area contributed by atoms with Crippen molar-refractivity contribution in [1.29, 1.82) is 0 Å². The van der Waals surface area contributed by atoms with Crippen LogP contribution in [0, 0.1) is 21.8 Å². The smallest absolute Gasteiger partial charge is 0.306 e. The van der Waals surface area contributed by atoms with Crippen LogP contribution in [0.5, 0.6) is 0 Å². The summed E-state index contributed by atoms with van der Waals surface area (Å²) in [5.74, 6) is -2.28. The van der Waals surface area contributed by atoms with Crippen LogP contribution in [0.4, 0.5) is 21.5 Å². The zero-order chi connectivity index (χ0) is 18.8. The lowest BCUT2D eigenvalue weighted by atomic mass is 10.1. The molecule has 0 bridgehead atoms. The summed E-state index contributed by atoms with van der Waals surface area (Å²) in [5, 5.41) is 13.8. The molecule has 26 heavy (non-hydrogen) atoms.